The third-order valence-corrected chi connectivity index (χ3v) is 3.04. The molecule has 0 aliphatic carbocycles. The van der Waals surface area contributed by atoms with Crippen molar-refractivity contribution < 1.29 is 24.1 Å². The molecule has 0 spiro atoms. The van der Waals surface area contributed by atoms with Crippen LogP contribution in [0.2, 0.25) is 0 Å². The number of aliphatic hydroxyl groups excluding tert-OH is 1. The molecule has 0 bridgehead atoms. The van der Waals surface area contributed by atoms with E-state index < -0.39 is 36.4 Å². The first-order valence-electron chi connectivity index (χ1n) is 5.87. The Morgan fingerprint density at radius 1 is 1.47 bits per heavy atom. The largest absolute Gasteiger partial charge is 0.394 e. The van der Waals surface area contributed by atoms with Gasteiger partial charge < -0.3 is 24.6 Å². The Morgan fingerprint density at radius 2 is 2.16 bits per heavy atom. The van der Waals surface area contributed by atoms with Gasteiger partial charge in [0.05, 0.1) is 17.9 Å². The highest BCUT2D eigenvalue weighted by molar-refractivity contribution is 5.74. The van der Waals surface area contributed by atoms with E-state index in [1.54, 1.807) is 13.8 Å². The van der Waals surface area contributed by atoms with Crippen LogP contribution in [0.5, 0.6) is 0 Å². The predicted octanol–water partition coefficient (Wildman–Crippen LogP) is -0.454. The highest BCUT2D eigenvalue weighted by Gasteiger charge is 2.55. The second kappa shape index (κ2) is 5.00. The number of carbonyl (C=O) groups is 1. The molecule has 0 aromatic carbocycles. The number of carbonyl (C=O) groups excluding carboxylic acids is 1. The number of amides is 2. The van der Waals surface area contributed by atoms with E-state index in [2.05, 4.69) is 10.6 Å². The van der Waals surface area contributed by atoms with Crippen molar-refractivity contribution in [2.75, 3.05) is 13.7 Å². The van der Waals surface area contributed by atoms with Gasteiger partial charge in [0.2, 0.25) is 0 Å². The number of hydrogen-bond donors (Lipinski definition) is 2. The molecule has 2 saturated heterocycles. The normalized spacial score (nSPS) is 35.8. The van der Waals surface area contributed by atoms with Gasteiger partial charge in [0.1, 0.15) is 12.2 Å². The molecule has 0 aromatic rings. The van der Waals surface area contributed by atoms with E-state index in [9.17, 15) is 14.8 Å². The van der Waals surface area contributed by atoms with E-state index >= 15 is 0 Å². The number of rotatable bonds is 3. The molecule has 2 heterocycles. The van der Waals surface area contributed by atoms with E-state index in [1.165, 1.54) is 7.05 Å². The Labute approximate surface area is 109 Å². The summed E-state index contributed by atoms with van der Waals surface area (Å²) in [7, 11) is 1.22. The summed E-state index contributed by atoms with van der Waals surface area (Å²) in [4.78, 5) is 21.9. The number of hydrogen-bond acceptors (Lipinski definition) is 7. The molecule has 4 atom stereocenters. The van der Waals surface area contributed by atoms with Crippen LogP contribution in [0, 0.1) is 4.91 Å². The maximum absolute atomic E-state index is 11.6. The standard InChI is InChI=1S/C10H17N3O6/c1-10(2)18-7-6(11-9(15)13(3)12-16)5(4-14)17-8(7)19-10/h5-8,14H,4H2,1-3H3,(H,11,15). The van der Waals surface area contributed by atoms with Crippen LogP contribution in [0.4, 0.5) is 4.79 Å². The van der Waals surface area contributed by atoms with Crippen LogP contribution in [0.25, 0.3) is 0 Å². The number of nitrogens with one attached hydrogen (secondary N) is 1. The van der Waals surface area contributed by atoms with Crippen molar-refractivity contribution in [2.45, 2.75) is 44.2 Å². The first kappa shape index (κ1) is 14.1. The zero-order valence-electron chi connectivity index (χ0n) is 10.9. The average Bonchev–Trinajstić information content (AvgIpc) is 2.81. The molecule has 4 unspecified atom stereocenters. The van der Waals surface area contributed by atoms with Crippen LogP contribution in [0.1, 0.15) is 13.8 Å². The van der Waals surface area contributed by atoms with Crippen molar-refractivity contribution in [2.24, 2.45) is 5.29 Å². The number of nitrogens with zero attached hydrogens (tertiary/aromatic N) is 2. The Kier molecular flexibility index (Phi) is 3.72. The molecule has 0 saturated carbocycles. The second-order valence-corrected chi connectivity index (χ2v) is 4.91. The lowest BCUT2D eigenvalue weighted by Gasteiger charge is -2.25. The Bertz CT molecular complexity index is 376. The van der Waals surface area contributed by atoms with Crippen molar-refractivity contribution in [3.63, 3.8) is 0 Å². The molecular formula is C10H17N3O6. The molecule has 2 aliphatic rings. The molecule has 9 heteroatoms. The van der Waals surface area contributed by atoms with Gasteiger partial charge in [-0.25, -0.2) is 4.79 Å². The summed E-state index contributed by atoms with van der Waals surface area (Å²) in [5.74, 6) is -0.826. The fourth-order valence-electron chi connectivity index (χ4n) is 2.18. The average molecular weight is 275 g/mol. The summed E-state index contributed by atoms with van der Waals surface area (Å²) >= 11 is 0. The number of urea groups is 1. The lowest BCUT2D eigenvalue weighted by atomic mass is 10.1. The van der Waals surface area contributed by atoms with Gasteiger partial charge >= 0.3 is 6.03 Å². The number of nitroso groups, excluding NO2 is 1. The van der Waals surface area contributed by atoms with E-state index in [4.69, 9.17) is 14.2 Å². The third-order valence-electron chi connectivity index (χ3n) is 3.04. The van der Waals surface area contributed by atoms with Crippen LogP contribution in [0.3, 0.4) is 0 Å². The predicted molar refractivity (Wildman–Crippen MR) is 61.7 cm³/mol. The summed E-state index contributed by atoms with van der Waals surface area (Å²) in [5.41, 5.74) is 0. The Morgan fingerprint density at radius 3 is 2.74 bits per heavy atom. The highest BCUT2D eigenvalue weighted by atomic mass is 16.8. The van der Waals surface area contributed by atoms with Crippen molar-refractivity contribution in [1.82, 2.24) is 10.3 Å². The fourth-order valence-corrected chi connectivity index (χ4v) is 2.18. The zero-order chi connectivity index (χ0) is 14.2. The highest BCUT2D eigenvalue weighted by Crippen LogP contribution is 2.37. The molecule has 9 nitrogen and oxygen atoms in total. The maximum atomic E-state index is 11.6. The smallest absolute Gasteiger partial charge is 0.340 e. The molecule has 0 aromatic heterocycles. The molecule has 2 fully saturated rings. The lowest BCUT2D eigenvalue weighted by Crippen LogP contribution is -2.51. The summed E-state index contributed by atoms with van der Waals surface area (Å²) in [6.45, 7) is 3.14. The summed E-state index contributed by atoms with van der Waals surface area (Å²) < 4.78 is 16.6. The van der Waals surface area contributed by atoms with Gasteiger partial charge in [0, 0.05) is 7.05 Å². The van der Waals surface area contributed by atoms with Gasteiger partial charge in [-0.05, 0) is 13.8 Å². The van der Waals surface area contributed by atoms with E-state index in [0.717, 1.165) is 0 Å². The maximum Gasteiger partial charge on any atom is 0.340 e. The molecule has 2 aliphatic heterocycles. The van der Waals surface area contributed by atoms with Gasteiger partial charge in [0.15, 0.2) is 12.1 Å². The zero-order valence-corrected chi connectivity index (χ0v) is 10.9. The van der Waals surface area contributed by atoms with Crippen LogP contribution in [-0.4, -0.2) is 60.1 Å². The number of fused-ring (bicyclic) bond motifs is 1. The molecule has 19 heavy (non-hydrogen) atoms. The molecular weight excluding hydrogens is 258 g/mol. The van der Waals surface area contributed by atoms with Crippen molar-refractivity contribution in [1.29, 1.82) is 0 Å². The van der Waals surface area contributed by atoms with E-state index in [1.807, 2.05) is 0 Å². The van der Waals surface area contributed by atoms with Gasteiger partial charge in [0.25, 0.3) is 0 Å². The minimum absolute atomic E-state index is 0.302. The molecule has 2 rings (SSSR count). The molecule has 2 amide bonds. The van der Waals surface area contributed by atoms with Gasteiger partial charge in [-0.1, -0.05) is 0 Å². The van der Waals surface area contributed by atoms with Crippen molar-refractivity contribution >= 4 is 6.03 Å². The Balaban J connectivity index is 2.08. The molecule has 2 N–H and O–H groups in total. The van der Waals surface area contributed by atoms with Gasteiger partial charge in [-0.2, -0.15) is 5.01 Å². The van der Waals surface area contributed by atoms with Gasteiger partial charge in [-0.3, -0.25) is 0 Å². The summed E-state index contributed by atoms with van der Waals surface area (Å²) in [6, 6.07) is -1.32. The van der Waals surface area contributed by atoms with E-state index in [0.29, 0.717) is 5.01 Å². The number of ether oxygens (including phenoxy) is 3. The van der Waals surface area contributed by atoms with Crippen LogP contribution in [-0.2, 0) is 14.2 Å². The monoisotopic (exact) mass is 275 g/mol. The first-order chi connectivity index (χ1) is 8.88. The Hall–Kier alpha value is -1.29. The number of aliphatic hydroxyl groups is 1. The van der Waals surface area contributed by atoms with Crippen molar-refractivity contribution in [3.05, 3.63) is 4.91 Å². The second-order valence-electron chi connectivity index (χ2n) is 4.91. The van der Waals surface area contributed by atoms with Crippen molar-refractivity contribution in [3.8, 4) is 0 Å². The van der Waals surface area contributed by atoms with E-state index in [-0.39, 0.29) is 6.61 Å². The minimum Gasteiger partial charge on any atom is -0.394 e. The fraction of sp³-hybridized carbons (Fsp3) is 0.900. The molecule has 0 radical (unpaired) electrons. The first-order valence-corrected chi connectivity index (χ1v) is 5.87. The lowest BCUT2D eigenvalue weighted by molar-refractivity contribution is -0.210. The SMILES string of the molecule is CN(N=O)C(=O)NC1C(CO)OC2OC(C)(C)OC21. The van der Waals surface area contributed by atoms with Gasteiger partial charge in [-0.15, -0.1) is 4.91 Å². The third kappa shape index (κ3) is 2.68. The van der Waals surface area contributed by atoms with Crippen LogP contribution < -0.4 is 5.32 Å². The quantitative estimate of drug-likeness (QED) is 0.533. The minimum atomic E-state index is -0.826. The summed E-state index contributed by atoms with van der Waals surface area (Å²) in [5, 5.41) is 14.9. The summed E-state index contributed by atoms with van der Waals surface area (Å²) in [6.07, 6.45) is -1.86. The topological polar surface area (TPSA) is 110 Å². The van der Waals surface area contributed by atoms with Crippen LogP contribution in [0.15, 0.2) is 5.29 Å². The molecule has 108 valence electrons. The van der Waals surface area contributed by atoms with Crippen LogP contribution >= 0.6 is 0 Å².